The fourth-order valence-corrected chi connectivity index (χ4v) is 5.23. The molecular weight excluding hydrogens is 402 g/mol. The second-order valence-corrected chi connectivity index (χ2v) is 10.2. The van der Waals surface area contributed by atoms with E-state index >= 15 is 0 Å². The predicted octanol–water partition coefficient (Wildman–Crippen LogP) is 4.45. The van der Waals surface area contributed by atoms with Gasteiger partial charge >= 0.3 is 0 Å². The maximum absolute atomic E-state index is 13.5. The first kappa shape index (κ1) is 21.7. The zero-order valence-corrected chi connectivity index (χ0v) is 19.2. The summed E-state index contributed by atoms with van der Waals surface area (Å²) in [4.78, 5) is 34.0. The molecule has 2 amide bonds. The Balaban J connectivity index is 1.67. The Bertz CT molecular complexity index is 836. The minimum absolute atomic E-state index is 0.0392. The lowest BCUT2D eigenvalue weighted by atomic mass is 9.95. The fourth-order valence-electron chi connectivity index (χ4n) is 3.41. The molecule has 29 heavy (non-hydrogen) atoms. The average Bonchev–Trinajstić information content (AvgIpc) is 3.30. The van der Waals surface area contributed by atoms with Crippen molar-refractivity contribution in [2.75, 3.05) is 38.6 Å². The first-order chi connectivity index (χ1) is 13.8. The molecule has 5 nitrogen and oxygen atoms in total. The van der Waals surface area contributed by atoms with Crippen molar-refractivity contribution in [1.29, 1.82) is 0 Å². The largest absolute Gasteiger partial charge is 0.339 e. The third-order valence-corrected chi connectivity index (χ3v) is 6.97. The summed E-state index contributed by atoms with van der Waals surface area (Å²) in [7, 11) is 3.95. The summed E-state index contributed by atoms with van der Waals surface area (Å²) >= 11 is 3.29. The molecule has 0 atom stereocenters. The van der Waals surface area contributed by atoms with Crippen molar-refractivity contribution in [3.8, 4) is 0 Å². The van der Waals surface area contributed by atoms with Crippen molar-refractivity contribution in [2.24, 2.45) is 5.92 Å². The summed E-state index contributed by atoms with van der Waals surface area (Å²) < 4.78 is 0. The molecule has 0 N–H and O–H groups in total. The molecule has 3 rings (SSSR count). The smallest absolute Gasteiger partial charge is 0.246 e. The molecule has 3 heterocycles. The normalized spacial score (nSPS) is 15.4. The number of thiophene rings is 2. The van der Waals surface area contributed by atoms with Crippen LogP contribution in [0.15, 0.2) is 36.4 Å². The van der Waals surface area contributed by atoms with Gasteiger partial charge in [-0.05, 0) is 65.0 Å². The molecular formula is C22H29N3O2S2. The topological polar surface area (TPSA) is 43.9 Å². The second-order valence-electron chi connectivity index (χ2n) is 7.71. The van der Waals surface area contributed by atoms with Crippen LogP contribution in [0.1, 0.15) is 22.6 Å². The summed E-state index contributed by atoms with van der Waals surface area (Å²) in [5.41, 5.74) is 0. The number of nitrogens with zero attached hydrogens (tertiary/aromatic N) is 3. The highest BCUT2D eigenvalue weighted by atomic mass is 32.1. The minimum atomic E-state index is -0.0605. The highest BCUT2D eigenvalue weighted by Crippen LogP contribution is 2.38. The lowest BCUT2D eigenvalue weighted by Gasteiger charge is -2.33. The van der Waals surface area contributed by atoms with Crippen molar-refractivity contribution in [2.45, 2.75) is 26.7 Å². The zero-order chi connectivity index (χ0) is 21.0. The van der Waals surface area contributed by atoms with E-state index in [9.17, 15) is 9.59 Å². The molecule has 0 radical (unpaired) electrons. The van der Waals surface area contributed by atoms with Gasteiger partial charge in [-0.15, -0.1) is 22.7 Å². The number of piperidine rings is 1. The molecule has 0 aromatic carbocycles. The lowest BCUT2D eigenvalue weighted by Crippen LogP contribution is -2.42. The van der Waals surface area contributed by atoms with Crippen molar-refractivity contribution in [3.63, 3.8) is 0 Å². The van der Waals surface area contributed by atoms with Crippen LogP contribution in [0.2, 0.25) is 0 Å². The van der Waals surface area contributed by atoms with Crippen LogP contribution in [-0.4, -0.2) is 55.3 Å². The van der Waals surface area contributed by atoms with Gasteiger partial charge in [-0.3, -0.25) is 14.5 Å². The highest BCUT2D eigenvalue weighted by molar-refractivity contribution is 7.18. The predicted molar refractivity (Wildman–Crippen MR) is 122 cm³/mol. The summed E-state index contributed by atoms with van der Waals surface area (Å²) in [5.74, 6) is 0.121. The monoisotopic (exact) mass is 431 g/mol. The Kier molecular flexibility index (Phi) is 7.27. The van der Waals surface area contributed by atoms with Gasteiger partial charge in [-0.2, -0.15) is 0 Å². The van der Waals surface area contributed by atoms with Crippen LogP contribution in [0.5, 0.6) is 0 Å². The maximum atomic E-state index is 13.5. The van der Waals surface area contributed by atoms with E-state index in [1.165, 1.54) is 9.75 Å². The Morgan fingerprint density at radius 3 is 2.03 bits per heavy atom. The van der Waals surface area contributed by atoms with Crippen LogP contribution < -0.4 is 4.90 Å². The van der Waals surface area contributed by atoms with E-state index in [0.717, 1.165) is 16.5 Å². The summed E-state index contributed by atoms with van der Waals surface area (Å²) in [5, 5.41) is 1.94. The molecule has 0 unspecified atom stereocenters. The molecule has 0 bridgehead atoms. The Morgan fingerprint density at radius 1 is 1.03 bits per heavy atom. The molecule has 1 aliphatic rings. The molecule has 156 valence electrons. The number of hydrogen-bond donors (Lipinski definition) is 0. The number of carbonyl (C=O) groups is 2. The van der Waals surface area contributed by atoms with Crippen molar-refractivity contribution >= 4 is 44.5 Å². The molecule has 0 saturated carbocycles. The molecule has 0 aliphatic carbocycles. The van der Waals surface area contributed by atoms with Crippen LogP contribution >= 0.6 is 22.7 Å². The van der Waals surface area contributed by atoms with E-state index in [2.05, 4.69) is 26.0 Å². The van der Waals surface area contributed by atoms with Crippen LogP contribution in [0, 0.1) is 19.8 Å². The fraction of sp³-hybridized carbons (Fsp3) is 0.455. The zero-order valence-electron chi connectivity index (χ0n) is 17.6. The van der Waals surface area contributed by atoms with Crippen LogP contribution in [0.4, 0.5) is 10.0 Å². The quantitative estimate of drug-likeness (QED) is 0.635. The van der Waals surface area contributed by atoms with Gasteiger partial charge in [0.1, 0.15) is 10.0 Å². The van der Waals surface area contributed by atoms with E-state index in [0.29, 0.717) is 25.9 Å². The van der Waals surface area contributed by atoms with Gasteiger partial charge in [-0.25, -0.2) is 0 Å². The highest BCUT2D eigenvalue weighted by Gasteiger charge is 2.32. The van der Waals surface area contributed by atoms with E-state index in [-0.39, 0.29) is 17.7 Å². The van der Waals surface area contributed by atoms with Crippen LogP contribution in [-0.2, 0) is 9.59 Å². The van der Waals surface area contributed by atoms with Gasteiger partial charge in [0, 0.05) is 41.4 Å². The van der Waals surface area contributed by atoms with Gasteiger partial charge in [0.05, 0.1) is 0 Å². The van der Waals surface area contributed by atoms with Gasteiger partial charge in [0.2, 0.25) is 11.8 Å². The SMILES string of the molecule is Cc1ccc(N(C(=O)C2CCN(C(=O)/C=C/CN(C)C)CC2)c2ccc(C)s2)s1. The molecule has 1 fully saturated rings. The summed E-state index contributed by atoms with van der Waals surface area (Å²) in [6.45, 7) is 6.12. The van der Waals surface area contributed by atoms with E-state index in [1.807, 2.05) is 47.0 Å². The molecule has 2 aromatic rings. The van der Waals surface area contributed by atoms with Gasteiger partial charge < -0.3 is 9.80 Å². The van der Waals surface area contributed by atoms with Crippen molar-refractivity contribution < 1.29 is 9.59 Å². The van der Waals surface area contributed by atoms with Gasteiger partial charge in [-0.1, -0.05) is 6.08 Å². The standard InChI is InChI=1S/C22H29N3O2S2/c1-16-7-9-20(28-16)25(21-10-8-17(2)29-21)22(27)18-11-14-24(15-12-18)19(26)6-5-13-23(3)4/h5-10,18H,11-15H2,1-4H3/b6-5+. The second kappa shape index (κ2) is 9.69. The maximum Gasteiger partial charge on any atom is 0.246 e. The van der Waals surface area contributed by atoms with E-state index in [4.69, 9.17) is 0 Å². The number of amides is 2. The molecule has 1 saturated heterocycles. The number of rotatable bonds is 6. The number of carbonyl (C=O) groups excluding carboxylic acids is 2. The average molecular weight is 432 g/mol. The molecule has 0 spiro atoms. The van der Waals surface area contributed by atoms with Gasteiger partial charge in [0.15, 0.2) is 0 Å². The number of anilines is 2. The molecule has 7 heteroatoms. The van der Waals surface area contributed by atoms with Crippen molar-refractivity contribution in [1.82, 2.24) is 9.80 Å². The third-order valence-electron chi connectivity index (χ3n) is 5.00. The Labute approximate surface area is 181 Å². The van der Waals surface area contributed by atoms with Gasteiger partial charge in [0.25, 0.3) is 0 Å². The number of likely N-dealkylation sites (tertiary alicyclic amines) is 1. The molecule has 2 aromatic heterocycles. The minimum Gasteiger partial charge on any atom is -0.339 e. The lowest BCUT2D eigenvalue weighted by molar-refractivity contribution is -0.130. The summed E-state index contributed by atoms with van der Waals surface area (Å²) in [6, 6.07) is 8.17. The number of hydrogen-bond acceptors (Lipinski definition) is 5. The Morgan fingerprint density at radius 2 is 1.59 bits per heavy atom. The summed E-state index contributed by atoms with van der Waals surface area (Å²) in [6.07, 6.45) is 4.95. The third kappa shape index (κ3) is 5.56. The molecule has 1 aliphatic heterocycles. The van der Waals surface area contributed by atoms with E-state index in [1.54, 1.807) is 28.7 Å². The van der Waals surface area contributed by atoms with Crippen molar-refractivity contribution in [3.05, 3.63) is 46.2 Å². The first-order valence-corrected chi connectivity index (χ1v) is 11.6. The number of likely N-dealkylation sites (N-methyl/N-ethyl adjacent to an activating group) is 1. The van der Waals surface area contributed by atoms with Crippen LogP contribution in [0.3, 0.4) is 0 Å². The first-order valence-electron chi connectivity index (χ1n) is 9.92. The number of aryl methyl sites for hydroxylation is 2. The Hall–Kier alpha value is -1.96. The van der Waals surface area contributed by atoms with Crippen LogP contribution in [0.25, 0.3) is 0 Å². The van der Waals surface area contributed by atoms with E-state index < -0.39 is 0 Å².